The Morgan fingerprint density at radius 3 is 2.48 bits per heavy atom. The maximum atomic E-state index is 14.3. The number of primary amides is 1. The van der Waals surface area contributed by atoms with Crippen molar-refractivity contribution in [2.24, 2.45) is 29.4 Å². The first-order valence-electron chi connectivity index (χ1n) is 14.4. The molecule has 6 rings (SSSR count). The maximum Gasteiger partial charge on any atom is 0.235 e. The van der Waals surface area contributed by atoms with E-state index in [2.05, 4.69) is 4.90 Å². The first kappa shape index (κ1) is 28.4. The number of likely N-dealkylation sites (N-methyl/N-ethyl adjacent to an activating group) is 1. The molecule has 222 valence electrons. The van der Waals surface area contributed by atoms with E-state index in [0.29, 0.717) is 23.2 Å². The lowest BCUT2D eigenvalue weighted by molar-refractivity contribution is -0.181. The number of benzene rings is 1. The van der Waals surface area contributed by atoms with Gasteiger partial charge in [-0.3, -0.25) is 33.8 Å². The van der Waals surface area contributed by atoms with Gasteiger partial charge in [0.25, 0.3) is 0 Å². The zero-order valence-electron chi connectivity index (χ0n) is 23.7. The minimum atomic E-state index is -2.74. The van der Waals surface area contributed by atoms with Crippen LogP contribution in [0.25, 0.3) is 11.1 Å². The summed E-state index contributed by atoms with van der Waals surface area (Å²) in [6.07, 6.45) is 6.49. The molecule has 1 aromatic heterocycles. The quantitative estimate of drug-likeness (QED) is 0.437. The number of fused-ring (bicyclic) bond motifs is 3. The van der Waals surface area contributed by atoms with E-state index in [1.54, 1.807) is 26.4 Å². The molecule has 42 heavy (non-hydrogen) atoms. The van der Waals surface area contributed by atoms with Gasteiger partial charge >= 0.3 is 0 Å². The van der Waals surface area contributed by atoms with Crippen LogP contribution in [-0.2, 0) is 32.1 Å². The molecule has 2 saturated carbocycles. The van der Waals surface area contributed by atoms with Crippen molar-refractivity contribution in [3.63, 3.8) is 0 Å². The third-order valence-corrected chi connectivity index (χ3v) is 9.82. The first-order chi connectivity index (χ1) is 20.0. The summed E-state index contributed by atoms with van der Waals surface area (Å²) in [7, 11) is 3.13. The van der Waals surface area contributed by atoms with Crippen molar-refractivity contribution in [2.45, 2.75) is 50.3 Å². The normalized spacial score (nSPS) is 31.6. The van der Waals surface area contributed by atoms with Crippen molar-refractivity contribution in [1.29, 1.82) is 0 Å². The summed E-state index contributed by atoms with van der Waals surface area (Å²) >= 11 is 0. The van der Waals surface area contributed by atoms with E-state index < -0.39 is 64.4 Å². The maximum absolute atomic E-state index is 14.3. The lowest BCUT2D eigenvalue weighted by Gasteiger charge is -2.52. The van der Waals surface area contributed by atoms with Crippen LogP contribution in [0, 0.1) is 23.7 Å². The number of amides is 1. The zero-order valence-corrected chi connectivity index (χ0v) is 23.7. The number of carbonyl (C=O) groups is 5. The number of furan rings is 1. The average molecular weight is 578 g/mol. The molecule has 1 aromatic carbocycles. The summed E-state index contributed by atoms with van der Waals surface area (Å²) < 4.78 is 5.34. The number of aromatic hydroxyl groups is 1. The number of carbonyl (C=O) groups excluding carboxylic acids is 5. The number of aliphatic hydroxyl groups is 1. The Kier molecular flexibility index (Phi) is 6.94. The Morgan fingerprint density at radius 2 is 1.86 bits per heavy atom. The summed E-state index contributed by atoms with van der Waals surface area (Å²) in [6.45, 7) is 2.13. The second-order valence-electron chi connectivity index (χ2n) is 12.4. The molecule has 3 aliphatic carbocycles. The van der Waals surface area contributed by atoms with Gasteiger partial charge in [0, 0.05) is 23.6 Å². The van der Waals surface area contributed by atoms with Crippen LogP contribution in [0.4, 0.5) is 0 Å². The fourth-order valence-electron chi connectivity index (χ4n) is 7.88. The molecular formula is C31H35N3O8. The standard InChI is InChI=1S/C31H35N3O8/c1-33(2)24-20-12-16-10-19-18(15-6-9-42-14-15)11-17(13-34-7-4-3-5-8-34)25(35)22(19)26(36)21(16)28(38)31(20,41)29(39)23(27(24)37)30(32)40/h6,9,11,14,16,20-21,23-24,35,41H,3-5,7-8,10,12-13H2,1-2H3,(H2,32,40)/t16-,20-,21?,23?,24-,31-/m0/s1. The predicted molar refractivity (Wildman–Crippen MR) is 148 cm³/mol. The number of Topliss-reactive ketones (excluding diaryl/α,β-unsaturated/α-hetero) is 4. The molecule has 2 heterocycles. The Hall–Kier alpha value is -3.67. The van der Waals surface area contributed by atoms with Gasteiger partial charge in [-0.25, -0.2) is 0 Å². The molecule has 0 spiro atoms. The smallest absolute Gasteiger partial charge is 0.235 e. The third kappa shape index (κ3) is 4.09. The van der Waals surface area contributed by atoms with Gasteiger partial charge in [0.2, 0.25) is 5.91 Å². The molecule has 1 amide bonds. The number of hydrogen-bond donors (Lipinski definition) is 3. The Morgan fingerprint density at radius 1 is 1.14 bits per heavy atom. The summed E-state index contributed by atoms with van der Waals surface area (Å²) in [5.41, 5.74) is 5.19. The minimum absolute atomic E-state index is 0.00497. The van der Waals surface area contributed by atoms with Gasteiger partial charge in [-0.05, 0) is 82.0 Å². The Bertz CT molecular complexity index is 1490. The van der Waals surface area contributed by atoms with Gasteiger partial charge in [0.15, 0.2) is 34.7 Å². The summed E-state index contributed by atoms with van der Waals surface area (Å²) in [4.78, 5) is 71.1. The van der Waals surface area contributed by atoms with Gasteiger partial charge < -0.3 is 20.4 Å². The van der Waals surface area contributed by atoms with Gasteiger partial charge in [-0.2, -0.15) is 0 Å². The largest absolute Gasteiger partial charge is 0.507 e. The molecule has 4 aliphatic rings. The third-order valence-electron chi connectivity index (χ3n) is 9.82. The van der Waals surface area contributed by atoms with Crippen molar-refractivity contribution >= 4 is 29.0 Å². The predicted octanol–water partition coefficient (Wildman–Crippen LogP) is 1.11. The van der Waals surface area contributed by atoms with Crippen LogP contribution in [0.3, 0.4) is 0 Å². The van der Waals surface area contributed by atoms with Crippen LogP contribution in [0.5, 0.6) is 5.75 Å². The van der Waals surface area contributed by atoms with Crippen LogP contribution in [0.2, 0.25) is 0 Å². The van der Waals surface area contributed by atoms with Crippen LogP contribution in [-0.4, -0.2) is 87.9 Å². The second-order valence-corrected chi connectivity index (χ2v) is 12.4. The molecule has 2 aromatic rings. The minimum Gasteiger partial charge on any atom is -0.507 e. The van der Waals surface area contributed by atoms with E-state index in [0.717, 1.165) is 37.9 Å². The number of likely N-dealkylation sites (tertiary alicyclic amines) is 1. The molecule has 1 saturated heterocycles. The Labute approximate surface area is 242 Å². The van der Waals surface area contributed by atoms with Gasteiger partial charge in [-0.1, -0.05) is 6.42 Å². The molecule has 11 heteroatoms. The van der Waals surface area contributed by atoms with Crippen molar-refractivity contribution in [3.05, 3.63) is 41.3 Å². The summed E-state index contributed by atoms with van der Waals surface area (Å²) in [5.74, 6) is -10.5. The second kappa shape index (κ2) is 10.3. The highest BCUT2D eigenvalue weighted by Gasteiger charge is 2.69. The molecule has 4 N–H and O–H groups in total. The van der Waals surface area contributed by atoms with E-state index in [9.17, 15) is 34.2 Å². The zero-order chi connectivity index (χ0) is 30.1. The van der Waals surface area contributed by atoms with E-state index in [-0.39, 0.29) is 24.2 Å². The topological polar surface area (TPSA) is 171 Å². The van der Waals surface area contributed by atoms with Gasteiger partial charge in [0.05, 0.1) is 30.0 Å². The summed E-state index contributed by atoms with van der Waals surface area (Å²) in [6, 6.07) is 2.50. The molecule has 11 nitrogen and oxygen atoms in total. The molecular weight excluding hydrogens is 542 g/mol. The Balaban J connectivity index is 1.48. The van der Waals surface area contributed by atoms with E-state index in [4.69, 9.17) is 10.2 Å². The fourth-order valence-corrected chi connectivity index (χ4v) is 7.88. The van der Waals surface area contributed by atoms with Crippen molar-refractivity contribution in [1.82, 2.24) is 9.80 Å². The SMILES string of the molecule is CN(C)[C@@H]1C(=O)C(C(N)=O)C(=O)[C@@]2(O)C(=O)C3C(=O)c4c(O)c(CN5CCCCC5)cc(-c5ccoc5)c4C[C@H]3C[C@@H]12. The van der Waals surface area contributed by atoms with E-state index in [1.807, 2.05) is 6.07 Å². The van der Waals surface area contributed by atoms with Crippen molar-refractivity contribution in [2.75, 3.05) is 27.2 Å². The number of piperidine rings is 1. The van der Waals surface area contributed by atoms with E-state index in [1.165, 1.54) is 11.2 Å². The monoisotopic (exact) mass is 577 g/mol. The van der Waals surface area contributed by atoms with Gasteiger partial charge in [0.1, 0.15) is 5.75 Å². The summed E-state index contributed by atoms with van der Waals surface area (Å²) in [5, 5.41) is 23.3. The highest BCUT2D eigenvalue weighted by atomic mass is 16.3. The lowest BCUT2D eigenvalue weighted by atomic mass is 9.52. The first-order valence-corrected chi connectivity index (χ1v) is 14.4. The highest BCUT2D eigenvalue weighted by molar-refractivity contribution is 6.32. The molecule has 0 radical (unpaired) electrons. The van der Waals surface area contributed by atoms with Crippen LogP contribution < -0.4 is 5.73 Å². The molecule has 6 atom stereocenters. The van der Waals surface area contributed by atoms with Crippen LogP contribution in [0.1, 0.15) is 47.2 Å². The lowest BCUT2D eigenvalue weighted by Crippen LogP contribution is -2.74. The number of rotatable bonds is 5. The number of nitrogens with zero attached hydrogens (tertiary/aromatic N) is 2. The average Bonchev–Trinajstić information content (AvgIpc) is 3.47. The van der Waals surface area contributed by atoms with E-state index >= 15 is 0 Å². The van der Waals surface area contributed by atoms with Gasteiger partial charge in [-0.15, -0.1) is 0 Å². The number of nitrogens with two attached hydrogens (primary N) is 1. The molecule has 1 aliphatic heterocycles. The highest BCUT2D eigenvalue weighted by Crippen LogP contribution is 2.52. The van der Waals surface area contributed by atoms with Crippen molar-refractivity contribution in [3.8, 4) is 16.9 Å². The number of phenols is 1. The molecule has 2 unspecified atom stereocenters. The fraction of sp³-hybridized carbons (Fsp3) is 0.516. The van der Waals surface area contributed by atoms with Crippen LogP contribution in [0.15, 0.2) is 29.1 Å². The van der Waals surface area contributed by atoms with Crippen LogP contribution >= 0.6 is 0 Å². The number of hydrogen-bond acceptors (Lipinski definition) is 10. The van der Waals surface area contributed by atoms with Crippen molar-refractivity contribution < 1.29 is 38.6 Å². The molecule has 0 bridgehead atoms. The number of ketones is 4. The number of phenolic OH excluding ortho intramolecular Hbond substituents is 1. The molecule has 3 fully saturated rings.